The highest BCUT2D eigenvalue weighted by atomic mass is 79.9. The fourth-order valence-corrected chi connectivity index (χ4v) is 3.94. The van der Waals surface area contributed by atoms with Crippen LogP contribution in [0.2, 0.25) is 0 Å². The molecule has 3 nitrogen and oxygen atoms in total. The summed E-state index contributed by atoms with van der Waals surface area (Å²) in [6.45, 7) is 8.66. The van der Waals surface area contributed by atoms with Gasteiger partial charge in [-0.3, -0.25) is 9.69 Å². The smallest absolute Gasteiger partial charge is 0.262 e. The molecule has 1 N–H and O–H groups in total. The van der Waals surface area contributed by atoms with Crippen molar-refractivity contribution in [1.82, 2.24) is 0 Å². The number of hydrogen-bond acceptors (Lipinski definition) is 2. The maximum absolute atomic E-state index is 13.5. The van der Waals surface area contributed by atoms with Gasteiger partial charge >= 0.3 is 0 Å². The van der Waals surface area contributed by atoms with E-state index in [1.165, 1.54) is 5.56 Å². The Morgan fingerprint density at radius 3 is 2.31 bits per heavy atom. The van der Waals surface area contributed by atoms with Crippen LogP contribution in [0.25, 0.3) is 0 Å². The molecule has 0 aromatic heterocycles. The van der Waals surface area contributed by atoms with E-state index in [-0.39, 0.29) is 17.5 Å². The summed E-state index contributed by atoms with van der Waals surface area (Å²) >= 11 is 3.56. The minimum absolute atomic E-state index is 0.00553. The number of rotatable bonds is 2. The molecule has 0 fully saturated rings. The van der Waals surface area contributed by atoms with Crippen molar-refractivity contribution in [3.8, 4) is 0 Å². The zero-order valence-corrected chi connectivity index (χ0v) is 18.7. The lowest BCUT2D eigenvalue weighted by molar-refractivity contribution is 0.0975. The Hall–Kier alpha value is -2.59. The van der Waals surface area contributed by atoms with Crippen LogP contribution in [0.1, 0.15) is 54.0 Å². The molecule has 1 aliphatic heterocycles. The maximum Gasteiger partial charge on any atom is 0.262 e. The van der Waals surface area contributed by atoms with Crippen molar-refractivity contribution in [3.05, 3.63) is 93.5 Å². The lowest BCUT2D eigenvalue weighted by Crippen LogP contribution is -2.43. The molecule has 3 aromatic carbocycles. The number of fused-ring (bicyclic) bond motifs is 1. The van der Waals surface area contributed by atoms with Crippen LogP contribution >= 0.6 is 15.9 Å². The van der Waals surface area contributed by atoms with Gasteiger partial charge in [-0.25, -0.2) is 0 Å². The molecule has 3 aromatic rings. The Balaban J connectivity index is 1.82. The first-order chi connectivity index (χ1) is 13.8. The van der Waals surface area contributed by atoms with E-state index in [9.17, 15) is 4.79 Å². The molecule has 0 aliphatic carbocycles. The van der Waals surface area contributed by atoms with Crippen LogP contribution in [0, 0.1) is 6.92 Å². The molecule has 1 aliphatic rings. The number of halogens is 1. The molecule has 0 unspecified atom stereocenters. The summed E-state index contributed by atoms with van der Waals surface area (Å²) in [5.74, 6) is 0.00553. The molecule has 29 heavy (non-hydrogen) atoms. The van der Waals surface area contributed by atoms with Crippen LogP contribution in [0.5, 0.6) is 0 Å². The third-order valence-corrected chi connectivity index (χ3v) is 6.33. The van der Waals surface area contributed by atoms with Gasteiger partial charge in [-0.2, -0.15) is 0 Å². The average molecular weight is 449 g/mol. The first kappa shape index (κ1) is 19.7. The molecule has 1 heterocycles. The van der Waals surface area contributed by atoms with Crippen molar-refractivity contribution in [3.63, 3.8) is 0 Å². The van der Waals surface area contributed by atoms with Crippen LogP contribution in [0.3, 0.4) is 0 Å². The third-order valence-electron chi connectivity index (χ3n) is 5.44. The average Bonchev–Trinajstić information content (AvgIpc) is 2.70. The number of nitrogens with one attached hydrogen (secondary N) is 1. The molecular formula is C25H25BrN2O. The minimum atomic E-state index is -0.271. The molecule has 4 rings (SSSR count). The largest absolute Gasteiger partial charge is 0.360 e. The van der Waals surface area contributed by atoms with Gasteiger partial charge in [0.15, 0.2) is 0 Å². The van der Waals surface area contributed by atoms with Crippen molar-refractivity contribution in [2.75, 3.05) is 10.2 Å². The Morgan fingerprint density at radius 2 is 1.66 bits per heavy atom. The Morgan fingerprint density at radius 1 is 0.966 bits per heavy atom. The molecular weight excluding hydrogens is 424 g/mol. The highest BCUT2D eigenvalue weighted by Gasteiger charge is 2.34. The summed E-state index contributed by atoms with van der Waals surface area (Å²) in [6, 6.07) is 22.3. The molecule has 148 valence electrons. The summed E-state index contributed by atoms with van der Waals surface area (Å²) in [5.41, 5.74) is 5.95. The highest BCUT2D eigenvalue weighted by molar-refractivity contribution is 9.10. The molecule has 4 heteroatoms. The van der Waals surface area contributed by atoms with Crippen molar-refractivity contribution in [2.45, 2.75) is 39.3 Å². The van der Waals surface area contributed by atoms with Crippen LogP contribution in [0.4, 0.5) is 11.4 Å². The standard InChI is InChI=1S/C25H25BrN2O/c1-16-15-19(13-14-21(16)26)28-23(17-9-11-18(12-10-17)25(2,3)4)27-22-8-6-5-7-20(22)24(28)29/h5-15,23,27H,1-4H3/t23-/m1/s1. The van der Waals surface area contributed by atoms with Gasteiger partial charge in [0.05, 0.1) is 5.56 Å². The summed E-state index contributed by atoms with van der Waals surface area (Å²) in [7, 11) is 0. The first-order valence-electron chi connectivity index (χ1n) is 9.81. The predicted octanol–water partition coefficient (Wildman–Crippen LogP) is 6.83. The lowest BCUT2D eigenvalue weighted by Gasteiger charge is -2.38. The number of anilines is 2. The van der Waals surface area contributed by atoms with Crippen molar-refractivity contribution < 1.29 is 4.79 Å². The normalized spacial score (nSPS) is 16.4. The topological polar surface area (TPSA) is 32.3 Å². The second kappa shape index (κ2) is 7.34. The molecule has 0 spiro atoms. The van der Waals surface area contributed by atoms with Crippen molar-refractivity contribution in [2.24, 2.45) is 0 Å². The Labute approximate surface area is 180 Å². The van der Waals surface area contributed by atoms with Gasteiger partial charge in [0, 0.05) is 15.8 Å². The SMILES string of the molecule is Cc1cc(N2C(=O)c3ccccc3N[C@H]2c2ccc(C(C)(C)C)cc2)ccc1Br. The number of carbonyl (C=O) groups excluding carboxylic acids is 1. The zero-order chi connectivity index (χ0) is 20.8. The Bertz CT molecular complexity index is 1070. The number of nitrogens with zero attached hydrogens (tertiary/aromatic N) is 1. The molecule has 1 amide bonds. The third kappa shape index (κ3) is 3.69. The van der Waals surface area contributed by atoms with Crippen LogP contribution in [-0.4, -0.2) is 5.91 Å². The number of hydrogen-bond donors (Lipinski definition) is 1. The first-order valence-corrected chi connectivity index (χ1v) is 10.6. The van der Waals surface area contributed by atoms with E-state index < -0.39 is 0 Å². The number of aryl methyl sites for hydroxylation is 1. The van der Waals surface area contributed by atoms with Gasteiger partial charge in [0.2, 0.25) is 0 Å². The molecule has 0 radical (unpaired) electrons. The van der Waals surface area contributed by atoms with Gasteiger partial charge in [-0.05, 0) is 59.4 Å². The minimum Gasteiger partial charge on any atom is -0.360 e. The van der Waals surface area contributed by atoms with E-state index in [1.54, 1.807) is 0 Å². The fraction of sp³-hybridized carbons (Fsp3) is 0.240. The zero-order valence-electron chi connectivity index (χ0n) is 17.2. The molecule has 0 saturated heterocycles. The summed E-state index contributed by atoms with van der Waals surface area (Å²) in [6.07, 6.45) is -0.271. The fourth-order valence-electron chi connectivity index (χ4n) is 3.70. The van der Waals surface area contributed by atoms with Crippen molar-refractivity contribution in [1.29, 1.82) is 0 Å². The van der Waals surface area contributed by atoms with E-state index >= 15 is 0 Å². The summed E-state index contributed by atoms with van der Waals surface area (Å²) in [4.78, 5) is 15.4. The number of para-hydroxylation sites is 1. The number of amides is 1. The van der Waals surface area contributed by atoms with Gasteiger partial charge in [-0.1, -0.05) is 73.1 Å². The highest BCUT2D eigenvalue weighted by Crippen LogP contribution is 2.38. The van der Waals surface area contributed by atoms with E-state index in [1.807, 2.05) is 54.3 Å². The van der Waals surface area contributed by atoms with E-state index in [0.29, 0.717) is 5.56 Å². The van der Waals surface area contributed by atoms with Gasteiger partial charge < -0.3 is 5.32 Å². The van der Waals surface area contributed by atoms with Crippen molar-refractivity contribution >= 4 is 33.2 Å². The monoisotopic (exact) mass is 448 g/mol. The van der Waals surface area contributed by atoms with Gasteiger partial charge in [0.1, 0.15) is 6.17 Å². The number of benzene rings is 3. The second-order valence-corrected chi connectivity index (χ2v) is 9.43. The van der Waals surface area contributed by atoms with E-state index in [2.05, 4.69) is 66.3 Å². The van der Waals surface area contributed by atoms with Crippen LogP contribution < -0.4 is 10.2 Å². The Kier molecular flexibility index (Phi) is 4.99. The summed E-state index contributed by atoms with van der Waals surface area (Å²) < 4.78 is 1.03. The molecule has 0 saturated carbocycles. The summed E-state index contributed by atoms with van der Waals surface area (Å²) in [5, 5.41) is 3.58. The van der Waals surface area contributed by atoms with Gasteiger partial charge in [-0.15, -0.1) is 0 Å². The lowest BCUT2D eigenvalue weighted by atomic mass is 9.86. The van der Waals surface area contributed by atoms with E-state index in [0.717, 1.165) is 27.0 Å². The predicted molar refractivity (Wildman–Crippen MR) is 124 cm³/mol. The molecule has 1 atom stereocenters. The maximum atomic E-state index is 13.5. The van der Waals surface area contributed by atoms with Crippen LogP contribution in [-0.2, 0) is 5.41 Å². The number of carbonyl (C=O) groups is 1. The second-order valence-electron chi connectivity index (χ2n) is 8.57. The quantitative estimate of drug-likeness (QED) is 0.465. The van der Waals surface area contributed by atoms with E-state index in [4.69, 9.17) is 0 Å². The van der Waals surface area contributed by atoms with Crippen LogP contribution in [0.15, 0.2) is 71.2 Å². The van der Waals surface area contributed by atoms with Gasteiger partial charge in [0.25, 0.3) is 5.91 Å². The molecule has 0 bridgehead atoms.